The Kier molecular flexibility index (Phi) is 8.07. The second-order valence-corrected chi connectivity index (χ2v) is 12.9. The summed E-state index contributed by atoms with van der Waals surface area (Å²) in [6.07, 6.45) is 0.534. The fourth-order valence-electron chi connectivity index (χ4n) is 5.27. The highest BCUT2D eigenvalue weighted by atomic mass is 35.5. The highest BCUT2D eigenvalue weighted by Gasteiger charge is 2.45. The Labute approximate surface area is 218 Å². The molecule has 2 aliphatic rings. The molecule has 0 N–H and O–H groups in total. The third-order valence-electron chi connectivity index (χ3n) is 7.32. The molecule has 0 radical (unpaired) electrons. The number of rotatable bonds is 6. The van der Waals surface area contributed by atoms with Crippen molar-refractivity contribution >= 4 is 27.4 Å². The fourth-order valence-corrected chi connectivity index (χ4v) is 7.55. The largest absolute Gasteiger partial charge is 0.334 e. The number of nitrogens with zero attached hydrogens (tertiary/aromatic N) is 3. The van der Waals surface area contributed by atoms with Crippen LogP contribution in [-0.2, 0) is 21.3 Å². The van der Waals surface area contributed by atoms with Gasteiger partial charge >= 0.3 is 0 Å². The van der Waals surface area contributed by atoms with E-state index in [1.807, 2.05) is 50.2 Å². The lowest BCUT2D eigenvalue weighted by atomic mass is 9.90. The highest BCUT2D eigenvalue weighted by molar-refractivity contribution is 7.91. The SMILES string of the molecule is CN=[S@](=O)(c1ccc(C)cc1)N1CC(C)CC1C(=O)N(Cc1ccc(Cl)cc1)C1CCC(F)(F)CC1. The number of halogens is 3. The molecule has 196 valence electrons. The molecule has 0 bridgehead atoms. The fraction of sp³-hybridized carbons (Fsp3) is 0.519. The van der Waals surface area contributed by atoms with Crippen molar-refractivity contribution in [2.24, 2.45) is 10.3 Å². The van der Waals surface area contributed by atoms with Gasteiger partial charge in [0, 0.05) is 44.0 Å². The van der Waals surface area contributed by atoms with Crippen LogP contribution in [-0.4, -0.2) is 50.9 Å². The quantitative estimate of drug-likeness (QED) is 0.432. The maximum atomic E-state index is 14.3. The summed E-state index contributed by atoms with van der Waals surface area (Å²) in [4.78, 5) is 16.5. The zero-order chi connectivity index (χ0) is 26.1. The number of carbonyl (C=O) groups excluding carboxylic acids is 1. The Morgan fingerprint density at radius 2 is 1.75 bits per heavy atom. The molecule has 36 heavy (non-hydrogen) atoms. The molecule has 2 unspecified atom stereocenters. The van der Waals surface area contributed by atoms with Crippen LogP contribution in [0.3, 0.4) is 0 Å². The van der Waals surface area contributed by atoms with Crippen LogP contribution in [0, 0.1) is 12.8 Å². The molecule has 2 aromatic rings. The third-order valence-corrected chi connectivity index (χ3v) is 9.99. The molecule has 1 aliphatic heterocycles. The Bertz CT molecular complexity index is 1190. The first-order chi connectivity index (χ1) is 17.0. The van der Waals surface area contributed by atoms with E-state index >= 15 is 0 Å². The van der Waals surface area contributed by atoms with Crippen molar-refractivity contribution in [3.05, 3.63) is 64.7 Å². The van der Waals surface area contributed by atoms with Gasteiger partial charge in [0.05, 0.1) is 4.90 Å². The minimum atomic E-state index is -3.02. The van der Waals surface area contributed by atoms with E-state index in [0.717, 1.165) is 11.1 Å². The lowest BCUT2D eigenvalue weighted by molar-refractivity contribution is -0.141. The standard InChI is InChI=1S/C27H34ClF2N3O2S/c1-19-4-10-24(11-5-19)36(35,31-3)33-17-20(2)16-25(33)26(34)32(18-21-6-8-22(28)9-7-21)23-12-14-27(29,30)15-13-23/h4-11,20,23,25H,12-18H2,1-3H3/t20?,25?,36-/m1/s1. The molecule has 5 nitrogen and oxygen atoms in total. The number of hydrogen-bond acceptors (Lipinski definition) is 3. The maximum Gasteiger partial charge on any atom is 0.248 e. The van der Waals surface area contributed by atoms with E-state index in [2.05, 4.69) is 4.36 Å². The molecule has 0 spiro atoms. The van der Waals surface area contributed by atoms with E-state index in [1.165, 1.54) is 7.05 Å². The topological polar surface area (TPSA) is 53.0 Å². The van der Waals surface area contributed by atoms with Gasteiger partial charge in [-0.05, 0) is 61.9 Å². The van der Waals surface area contributed by atoms with Crippen LogP contribution < -0.4 is 0 Å². The zero-order valence-electron chi connectivity index (χ0n) is 21.0. The predicted molar refractivity (Wildman–Crippen MR) is 139 cm³/mol. The van der Waals surface area contributed by atoms with Gasteiger partial charge < -0.3 is 4.90 Å². The molecule has 1 saturated carbocycles. The molecule has 3 atom stereocenters. The van der Waals surface area contributed by atoms with Gasteiger partial charge in [0.15, 0.2) is 0 Å². The summed E-state index contributed by atoms with van der Waals surface area (Å²) in [5.41, 5.74) is 1.92. The second kappa shape index (κ2) is 10.8. The average molecular weight is 538 g/mol. The van der Waals surface area contributed by atoms with E-state index in [9.17, 15) is 17.8 Å². The van der Waals surface area contributed by atoms with Gasteiger partial charge in [-0.15, -0.1) is 0 Å². The average Bonchev–Trinajstić information content (AvgIpc) is 3.26. The van der Waals surface area contributed by atoms with Crippen molar-refractivity contribution in [1.82, 2.24) is 9.21 Å². The molecule has 9 heteroatoms. The summed E-state index contributed by atoms with van der Waals surface area (Å²) < 4.78 is 48.3. The Hall–Kier alpha value is -2.03. The Balaban J connectivity index is 1.67. The molecule has 4 rings (SSSR count). The lowest BCUT2D eigenvalue weighted by Gasteiger charge is -2.39. The Morgan fingerprint density at radius 1 is 1.14 bits per heavy atom. The first kappa shape index (κ1) is 27.0. The Morgan fingerprint density at radius 3 is 2.33 bits per heavy atom. The number of alkyl halides is 2. The van der Waals surface area contributed by atoms with E-state index in [0.29, 0.717) is 29.4 Å². The molecular weight excluding hydrogens is 504 g/mol. The minimum Gasteiger partial charge on any atom is -0.334 e. The molecule has 1 aliphatic carbocycles. The van der Waals surface area contributed by atoms with Crippen molar-refractivity contribution in [1.29, 1.82) is 0 Å². The van der Waals surface area contributed by atoms with E-state index in [4.69, 9.17) is 11.6 Å². The molecular formula is C27H34ClF2N3O2S. The molecule has 2 aromatic carbocycles. The van der Waals surface area contributed by atoms with E-state index in [1.54, 1.807) is 21.3 Å². The van der Waals surface area contributed by atoms with Gasteiger partial charge in [0.1, 0.15) is 16.0 Å². The van der Waals surface area contributed by atoms with Crippen LogP contribution in [0.15, 0.2) is 57.8 Å². The van der Waals surface area contributed by atoms with E-state index in [-0.39, 0.29) is 43.6 Å². The van der Waals surface area contributed by atoms with Gasteiger partial charge in [-0.25, -0.2) is 21.7 Å². The van der Waals surface area contributed by atoms with Crippen LogP contribution >= 0.6 is 11.6 Å². The van der Waals surface area contributed by atoms with Crippen molar-refractivity contribution in [2.75, 3.05) is 13.6 Å². The van der Waals surface area contributed by atoms with Gasteiger partial charge in [0.25, 0.3) is 0 Å². The normalized spacial score (nSPS) is 24.3. The number of hydrogen-bond donors (Lipinski definition) is 0. The summed E-state index contributed by atoms with van der Waals surface area (Å²) in [6.45, 7) is 4.76. The van der Waals surface area contributed by atoms with Gasteiger partial charge in [-0.2, -0.15) is 0 Å². The smallest absolute Gasteiger partial charge is 0.248 e. The summed E-state index contributed by atoms with van der Waals surface area (Å²) in [5, 5.41) is 0.590. The van der Waals surface area contributed by atoms with Crippen LogP contribution in [0.2, 0.25) is 5.02 Å². The third kappa shape index (κ3) is 5.76. The van der Waals surface area contributed by atoms with Crippen molar-refractivity contribution in [3.8, 4) is 0 Å². The molecule has 1 amide bonds. The number of benzene rings is 2. The van der Waals surface area contributed by atoms with E-state index < -0.39 is 21.9 Å². The monoisotopic (exact) mass is 537 g/mol. The zero-order valence-corrected chi connectivity index (χ0v) is 22.6. The van der Waals surface area contributed by atoms with Crippen LogP contribution in [0.1, 0.15) is 50.2 Å². The molecule has 1 heterocycles. The lowest BCUT2D eigenvalue weighted by Crippen LogP contribution is -2.52. The van der Waals surface area contributed by atoms with Crippen molar-refractivity contribution in [3.63, 3.8) is 0 Å². The van der Waals surface area contributed by atoms with Gasteiger partial charge in [-0.3, -0.25) is 4.79 Å². The van der Waals surface area contributed by atoms with Crippen LogP contribution in [0.5, 0.6) is 0 Å². The van der Waals surface area contributed by atoms with Crippen LogP contribution in [0.4, 0.5) is 8.78 Å². The number of amides is 1. The van der Waals surface area contributed by atoms with Gasteiger partial charge in [0.2, 0.25) is 11.8 Å². The number of aryl methyl sites for hydroxylation is 1. The molecule has 0 aromatic heterocycles. The second-order valence-electron chi connectivity index (χ2n) is 10.1. The summed E-state index contributed by atoms with van der Waals surface area (Å²) in [6, 6.07) is 13.7. The first-order valence-electron chi connectivity index (χ1n) is 12.4. The predicted octanol–water partition coefficient (Wildman–Crippen LogP) is 6.34. The number of carbonyl (C=O) groups is 1. The van der Waals surface area contributed by atoms with Gasteiger partial charge in [-0.1, -0.05) is 48.4 Å². The maximum absolute atomic E-state index is 14.3. The van der Waals surface area contributed by atoms with Crippen molar-refractivity contribution in [2.45, 2.75) is 75.4 Å². The summed E-state index contributed by atoms with van der Waals surface area (Å²) in [7, 11) is -1.49. The summed E-state index contributed by atoms with van der Waals surface area (Å²) >= 11 is 6.05. The molecule has 2 fully saturated rings. The van der Waals surface area contributed by atoms with Crippen molar-refractivity contribution < 1.29 is 17.8 Å². The highest BCUT2D eigenvalue weighted by Crippen LogP contribution is 2.38. The summed E-state index contributed by atoms with van der Waals surface area (Å²) in [5.74, 6) is -2.73. The minimum absolute atomic E-state index is 0.139. The van der Waals surface area contributed by atoms with Crippen LogP contribution in [0.25, 0.3) is 0 Å². The molecule has 1 saturated heterocycles. The first-order valence-corrected chi connectivity index (χ1v) is 14.3.